The van der Waals surface area contributed by atoms with Crippen molar-refractivity contribution < 1.29 is 9.59 Å². The maximum Gasteiger partial charge on any atom is 0.164 e. The van der Waals surface area contributed by atoms with Gasteiger partial charge in [-0.05, 0) is 29.6 Å². The first-order valence-corrected chi connectivity index (χ1v) is 6.31. The fraction of sp³-hybridized carbons (Fsp3) is 0.600. The molecule has 0 aliphatic heterocycles. The monoisotopic (exact) mass is 230 g/mol. The topological polar surface area (TPSA) is 34.1 Å². The first-order valence-electron chi connectivity index (χ1n) is 6.31. The molecule has 2 nitrogen and oxygen atoms in total. The van der Waals surface area contributed by atoms with Gasteiger partial charge in [0.2, 0.25) is 0 Å². The highest BCUT2D eigenvalue weighted by Crippen LogP contribution is 2.62. The molecule has 0 bridgehead atoms. The van der Waals surface area contributed by atoms with Crippen LogP contribution in [-0.2, 0) is 9.59 Å². The SMILES string of the molecule is C[C@H]1C(=O)C=C2C=C3C(=O)C(C)(C)C[C@H]3[C@@]21C. The van der Waals surface area contributed by atoms with Crippen LogP contribution < -0.4 is 0 Å². The molecule has 0 aromatic carbocycles. The van der Waals surface area contributed by atoms with E-state index in [1.807, 2.05) is 26.8 Å². The molecule has 3 aliphatic carbocycles. The Labute approximate surface area is 102 Å². The Morgan fingerprint density at radius 1 is 1.18 bits per heavy atom. The Kier molecular flexibility index (Phi) is 1.80. The van der Waals surface area contributed by atoms with Crippen LogP contribution in [0.2, 0.25) is 0 Å². The lowest BCUT2D eigenvalue weighted by molar-refractivity contribution is -0.121. The van der Waals surface area contributed by atoms with Gasteiger partial charge in [-0.3, -0.25) is 9.59 Å². The summed E-state index contributed by atoms with van der Waals surface area (Å²) in [6, 6.07) is 0. The molecule has 0 saturated heterocycles. The third kappa shape index (κ3) is 1.07. The van der Waals surface area contributed by atoms with E-state index >= 15 is 0 Å². The molecule has 0 N–H and O–H groups in total. The Morgan fingerprint density at radius 3 is 2.47 bits per heavy atom. The summed E-state index contributed by atoms with van der Waals surface area (Å²) in [6.45, 7) is 8.18. The highest BCUT2D eigenvalue weighted by atomic mass is 16.1. The molecule has 3 rings (SSSR count). The molecule has 17 heavy (non-hydrogen) atoms. The molecule has 3 atom stereocenters. The number of carbonyl (C=O) groups is 2. The summed E-state index contributed by atoms with van der Waals surface area (Å²) in [4.78, 5) is 24.1. The maximum absolute atomic E-state index is 12.3. The van der Waals surface area contributed by atoms with Gasteiger partial charge in [-0.15, -0.1) is 0 Å². The number of rotatable bonds is 0. The number of ketones is 2. The third-order valence-electron chi connectivity index (χ3n) is 5.25. The molecule has 0 aromatic heterocycles. The van der Waals surface area contributed by atoms with Gasteiger partial charge in [-0.1, -0.05) is 33.8 Å². The lowest BCUT2D eigenvalue weighted by atomic mass is 9.68. The van der Waals surface area contributed by atoms with Crippen molar-refractivity contribution in [3.05, 3.63) is 23.3 Å². The number of hydrogen-bond acceptors (Lipinski definition) is 2. The summed E-state index contributed by atoms with van der Waals surface area (Å²) in [5.41, 5.74) is 1.66. The minimum atomic E-state index is -0.254. The van der Waals surface area contributed by atoms with E-state index in [2.05, 4.69) is 6.92 Å². The van der Waals surface area contributed by atoms with Gasteiger partial charge in [-0.2, -0.15) is 0 Å². The van der Waals surface area contributed by atoms with Crippen molar-refractivity contribution in [1.29, 1.82) is 0 Å². The second-order valence-corrected chi connectivity index (χ2v) is 6.58. The normalized spacial score (nSPS) is 42.4. The number of fused-ring (bicyclic) bond motifs is 3. The largest absolute Gasteiger partial charge is 0.295 e. The summed E-state index contributed by atoms with van der Waals surface area (Å²) < 4.78 is 0. The minimum absolute atomic E-state index is 0.0120. The van der Waals surface area contributed by atoms with Crippen molar-refractivity contribution >= 4 is 11.6 Å². The average Bonchev–Trinajstić information content (AvgIpc) is 2.71. The van der Waals surface area contributed by atoms with E-state index in [1.165, 1.54) is 0 Å². The van der Waals surface area contributed by atoms with Crippen molar-refractivity contribution in [3.8, 4) is 0 Å². The standard InChI is InChI=1S/C15H18O2/c1-8-12(16)6-9-5-10-11(15(8,9)4)7-14(2,3)13(10)17/h5-6,8,11H,7H2,1-4H3/t8-,11+,15+/m0/s1. The Bertz CT molecular complexity index is 507. The van der Waals surface area contributed by atoms with Crippen molar-refractivity contribution in [1.82, 2.24) is 0 Å². The van der Waals surface area contributed by atoms with Gasteiger partial charge in [0.1, 0.15) is 0 Å². The fourth-order valence-electron chi connectivity index (χ4n) is 3.81. The predicted octanol–water partition coefficient (Wildman–Crippen LogP) is 2.69. The van der Waals surface area contributed by atoms with Crippen molar-refractivity contribution in [2.45, 2.75) is 34.1 Å². The highest BCUT2D eigenvalue weighted by molar-refractivity contribution is 6.06. The van der Waals surface area contributed by atoms with Gasteiger partial charge >= 0.3 is 0 Å². The van der Waals surface area contributed by atoms with Gasteiger partial charge in [-0.25, -0.2) is 0 Å². The zero-order chi connectivity index (χ0) is 12.6. The zero-order valence-corrected chi connectivity index (χ0v) is 10.8. The van der Waals surface area contributed by atoms with Gasteiger partial charge < -0.3 is 0 Å². The van der Waals surface area contributed by atoms with Crippen molar-refractivity contribution in [2.24, 2.45) is 22.7 Å². The van der Waals surface area contributed by atoms with Crippen LogP contribution in [0.25, 0.3) is 0 Å². The Morgan fingerprint density at radius 2 is 1.82 bits per heavy atom. The van der Waals surface area contributed by atoms with Crippen LogP contribution >= 0.6 is 0 Å². The average molecular weight is 230 g/mol. The molecule has 1 fully saturated rings. The van der Waals surface area contributed by atoms with Crippen molar-refractivity contribution in [2.75, 3.05) is 0 Å². The molecule has 0 amide bonds. The van der Waals surface area contributed by atoms with Gasteiger partial charge in [0.15, 0.2) is 11.6 Å². The maximum atomic E-state index is 12.3. The van der Waals surface area contributed by atoms with Gasteiger partial charge in [0.25, 0.3) is 0 Å². The Hall–Kier alpha value is -1.18. The van der Waals surface area contributed by atoms with Crippen LogP contribution in [0, 0.1) is 22.7 Å². The molecule has 0 radical (unpaired) electrons. The molecule has 0 aromatic rings. The summed E-state index contributed by atoms with van der Waals surface area (Å²) in [5, 5.41) is 0. The van der Waals surface area contributed by atoms with E-state index in [-0.39, 0.29) is 34.2 Å². The number of Topliss-reactive ketones (excluding diaryl/α,β-unsaturated/α-hetero) is 1. The first-order chi connectivity index (χ1) is 7.78. The van der Waals surface area contributed by atoms with E-state index in [9.17, 15) is 9.59 Å². The third-order valence-corrected chi connectivity index (χ3v) is 5.25. The van der Waals surface area contributed by atoms with Crippen LogP contribution in [-0.4, -0.2) is 11.6 Å². The predicted molar refractivity (Wildman–Crippen MR) is 65.3 cm³/mol. The van der Waals surface area contributed by atoms with E-state index < -0.39 is 0 Å². The molecule has 0 heterocycles. The first kappa shape index (κ1) is 10.9. The van der Waals surface area contributed by atoms with Gasteiger partial charge in [0, 0.05) is 16.7 Å². The lowest BCUT2D eigenvalue weighted by Crippen LogP contribution is -2.31. The summed E-state index contributed by atoms with van der Waals surface area (Å²) in [7, 11) is 0. The quantitative estimate of drug-likeness (QED) is 0.641. The molecule has 3 aliphatic rings. The summed E-state index contributed by atoms with van der Waals surface area (Å²) in [5.74, 6) is 0.754. The van der Waals surface area contributed by atoms with Crippen LogP contribution in [0.4, 0.5) is 0 Å². The summed E-state index contributed by atoms with van der Waals surface area (Å²) >= 11 is 0. The number of hydrogen-bond donors (Lipinski definition) is 0. The molecular formula is C15H18O2. The van der Waals surface area contributed by atoms with E-state index in [0.717, 1.165) is 17.6 Å². The van der Waals surface area contributed by atoms with Crippen molar-refractivity contribution in [3.63, 3.8) is 0 Å². The van der Waals surface area contributed by atoms with Crippen LogP contribution in [0.5, 0.6) is 0 Å². The van der Waals surface area contributed by atoms with E-state index in [1.54, 1.807) is 6.08 Å². The Balaban J connectivity index is 2.14. The summed E-state index contributed by atoms with van der Waals surface area (Å²) in [6.07, 6.45) is 4.61. The molecule has 90 valence electrons. The van der Waals surface area contributed by atoms with Gasteiger partial charge in [0.05, 0.1) is 0 Å². The zero-order valence-electron chi connectivity index (χ0n) is 10.8. The second kappa shape index (κ2) is 2.80. The van der Waals surface area contributed by atoms with E-state index in [0.29, 0.717) is 0 Å². The number of allylic oxidation sites excluding steroid dienone is 4. The van der Waals surface area contributed by atoms with E-state index in [4.69, 9.17) is 0 Å². The van der Waals surface area contributed by atoms with Crippen LogP contribution in [0.3, 0.4) is 0 Å². The molecular weight excluding hydrogens is 212 g/mol. The minimum Gasteiger partial charge on any atom is -0.295 e. The highest BCUT2D eigenvalue weighted by Gasteiger charge is 2.59. The molecule has 2 heteroatoms. The fourth-order valence-corrected chi connectivity index (χ4v) is 3.81. The lowest BCUT2D eigenvalue weighted by Gasteiger charge is -2.34. The van der Waals surface area contributed by atoms with Crippen LogP contribution in [0.15, 0.2) is 23.3 Å². The molecule has 1 saturated carbocycles. The van der Waals surface area contributed by atoms with Crippen LogP contribution in [0.1, 0.15) is 34.1 Å². The molecule has 0 spiro atoms. The molecule has 0 unspecified atom stereocenters. The number of carbonyl (C=O) groups excluding carboxylic acids is 2. The smallest absolute Gasteiger partial charge is 0.164 e. The second-order valence-electron chi connectivity index (χ2n) is 6.58.